The Hall–Kier alpha value is -0.0800. The lowest BCUT2D eigenvalue weighted by atomic mass is 10.0. The van der Waals surface area contributed by atoms with Crippen molar-refractivity contribution in [2.45, 2.75) is 57.5 Å². The average Bonchev–Trinajstić information content (AvgIpc) is 2.85. The molecule has 18 heavy (non-hydrogen) atoms. The summed E-state index contributed by atoms with van der Waals surface area (Å²) in [6.45, 7) is 6.20. The van der Waals surface area contributed by atoms with Crippen molar-refractivity contribution in [2.75, 3.05) is 19.6 Å². The molecule has 4 rings (SSSR count). The molecule has 4 fully saturated rings. The summed E-state index contributed by atoms with van der Waals surface area (Å²) in [6, 6.07) is 1.77. The lowest BCUT2D eigenvalue weighted by molar-refractivity contribution is 0.295. The zero-order valence-electron chi connectivity index (χ0n) is 11.8. The molecule has 2 heteroatoms. The summed E-state index contributed by atoms with van der Waals surface area (Å²) in [6.07, 6.45) is 8.90. The normalized spacial score (nSPS) is 51.2. The van der Waals surface area contributed by atoms with E-state index >= 15 is 0 Å². The lowest BCUT2D eigenvalue weighted by Crippen LogP contribution is -2.35. The van der Waals surface area contributed by atoms with E-state index in [2.05, 4.69) is 17.1 Å². The Kier molecular flexibility index (Phi) is 2.92. The fraction of sp³-hybridized carbons (Fsp3) is 1.00. The van der Waals surface area contributed by atoms with E-state index in [9.17, 15) is 0 Å². The molecule has 0 spiro atoms. The lowest BCUT2D eigenvalue weighted by Gasteiger charge is -2.20. The molecule has 0 radical (unpaired) electrons. The Morgan fingerprint density at radius 3 is 2.50 bits per heavy atom. The van der Waals surface area contributed by atoms with Gasteiger partial charge in [-0.1, -0.05) is 6.92 Å². The van der Waals surface area contributed by atoms with Gasteiger partial charge in [0.05, 0.1) is 0 Å². The van der Waals surface area contributed by atoms with E-state index in [0.29, 0.717) is 0 Å². The first kappa shape index (κ1) is 11.7. The first-order chi connectivity index (χ1) is 8.86. The van der Waals surface area contributed by atoms with Crippen LogP contribution in [0.2, 0.25) is 0 Å². The number of nitrogens with zero attached hydrogens (tertiary/aromatic N) is 1. The van der Waals surface area contributed by atoms with Crippen LogP contribution >= 0.6 is 0 Å². The molecule has 1 heterocycles. The Balaban J connectivity index is 1.31. The molecule has 1 N–H and O–H groups in total. The highest BCUT2D eigenvalue weighted by Gasteiger charge is 2.64. The molecule has 4 aliphatic rings. The van der Waals surface area contributed by atoms with Crippen molar-refractivity contribution in [3.05, 3.63) is 0 Å². The molecule has 1 aliphatic heterocycles. The third-order valence-electron chi connectivity index (χ3n) is 6.43. The summed E-state index contributed by atoms with van der Waals surface area (Å²) in [7, 11) is 0. The third-order valence-corrected chi connectivity index (χ3v) is 6.43. The van der Waals surface area contributed by atoms with Crippen LogP contribution in [0.1, 0.15) is 45.4 Å². The SMILES string of the molecule is CCN1CCCC(NC2C3C4CCC(C4)C23)CC1. The Bertz CT molecular complexity index is 300. The van der Waals surface area contributed by atoms with Crippen molar-refractivity contribution < 1.29 is 0 Å². The first-order valence-electron chi connectivity index (χ1n) is 8.35. The standard InChI is InChI=1S/C16H28N2/c1-2-18-8-3-4-13(7-9-18)17-16-14-11-5-6-12(10-11)15(14)16/h11-17H,2-10H2,1H3. The minimum Gasteiger partial charge on any atom is -0.311 e. The Morgan fingerprint density at radius 2 is 1.78 bits per heavy atom. The summed E-state index contributed by atoms with van der Waals surface area (Å²) < 4.78 is 0. The zero-order chi connectivity index (χ0) is 12.1. The van der Waals surface area contributed by atoms with Crippen molar-refractivity contribution in [1.82, 2.24) is 10.2 Å². The molecule has 0 amide bonds. The van der Waals surface area contributed by atoms with Crippen LogP contribution in [0.25, 0.3) is 0 Å². The molecule has 0 aromatic carbocycles. The maximum Gasteiger partial charge on any atom is 0.0138 e. The monoisotopic (exact) mass is 248 g/mol. The van der Waals surface area contributed by atoms with Crippen molar-refractivity contribution in [1.29, 1.82) is 0 Å². The van der Waals surface area contributed by atoms with E-state index < -0.39 is 0 Å². The molecular formula is C16H28N2. The van der Waals surface area contributed by atoms with E-state index in [-0.39, 0.29) is 0 Å². The van der Waals surface area contributed by atoms with Gasteiger partial charge in [0, 0.05) is 12.1 Å². The van der Waals surface area contributed by atoms with E-state index in [4.69, 9.17) is 0 Å². The highest BCUT2D eigenvalue weighted by atomic mass is 15.1. The van der Waals surface area contributed by atoms with Gasteiger partial charge in [-0.05, 0) is 81.8 Å². The number of rotatable bonds is 3. The van der Waals surface area contributed by atoms with Gasteiger partial charge in [-0.25, -0.2) is 0 Å². The van der Waals surface area contributed by atoms with Crippen LogP contribution < -0.4 is 5.32 Å². The van der Waals surface area contributed by atoms with Gasteiger partial charge in [0.1, 0.15) is 0 Å². The number of fused-ring (bicyclic) bond motifs is 5. The predicted octanol–water partition coefficient (Wildman–Crippen LogP) is 2.49. The summed E-state index contributed by atoms with van der Waals surface area (Å²) in [5.74, 6) is 4.45. The van der Waals surface area contributed by atoms with E-state index in [0.717, 1.165) is 35.8 Å². The summed E-state index contributed by atoms with van der Waals surface area (Å²) in [4.78, 5) is 2.62. The van der Waals surface area contributed by atoms with Gasteiger partial charge in [-0.15, -0.1) is 0 Å². The second kappa shape index (κ2) is 4.49. The summed E-state index contributed by atoms with van der Waals surface area (Å²) in [5, 5.41) is 4.05. The molecule has 0 aromatic heterocycles. The van der Waals surface area contributed by atoms with Gasteiger partial charge < -0.3 is 10.2 Å². The zero-order valence-corrected chi connectivity index (χ0v) is 11.8. The third kappa shape index (κ3) is 1.84. The van der Waals surface area contributed by atoms with Crippen LogP contribution in [0.15, 0.2) is 0 Å². The molecule has 5 atom stereocenters. The fourth-order valence-electron chi connectivity index (χ4n) is 5.46. The van der Waals surface area contributed by atoms with Crippen molar-refractivity contribution >= 4 is 0 Å². The molecule has 102 valence electrons. The second-order valence-electron chi connectivity index (χ2n) is 7.24. The highest BCUT2D eigenvalue weighted by molar-refractivity contribution is 5.17. The van der Waals surface area contributed by atoms with Gasteiger partial charge in [-0.3, -0.25) is 0 Å². The van der Waals surface area contributed by atoms with Crippen LogP contribution in [-0.4, -0.2) is 36.6 Å². The predicted molar refractivity (Wildman–Crippen MR) is 74.5 cm³/mol. The quantitative estimate of drug-likeness (QED) is 0.825. The minimum absolute atomic E-state index is 0.830. The largest absolute Gasteiger partial charge is 0.311 e. The van der Waals surface area contributed by atoms with Crippen LogP contribution in [0.5, 0.6) is 0 Å². The molecule has 1 saturated heterocycles. The Labute approximate surface area is 111 Å². The summed E-state index contributed by atoms with van der Waals surface area (Å²) in [5.41, 5.74) is 0. The van der Waals surface area contributed by atoms with Crippen molar-refractivity contribution in [3.8, 4) is 0 Å². The van der Waals surface area contributed by atoms with Crippen LogP contribution in [0.3, 0.4) is 0 Å². The van der Waals surface area contributed by atoms with Crippen LogP contribution in [-0.2, 0) is 0 Å². The van der Waals surface area contributed by atoms with Gasteiger partial charge >= 0.3 is 0 Å². The van der Waals surface area contributed by atoms with E-state index in [1.165, 1.54) is 38.9 Å². The minimum atomic E-state index is 0.830. The topological polar surface area (TPSA) is 15.3 Å². The molecule has 0 aromatic rings. The number of hydrogen-bond acceptors (Lipinski definition) is 2. The molecule has 5 unspecified atom stereocenters. The second-order valence-corrected chi connectivity index (χ2v) is 7.24. The molecule has 2 nitrogen and oxygen atoms in total. The summed E-state index contributed by atoms with van der Waals surface area (Å²) >= 11 is 0. The highest BCUT2D eigenvalue weighted by Crippen LogP contribution is 2.65. The maximum atomic E-state index is 4.05. The van der Waals surface area contributed by atoms with Gasteiger partial charge in [0.2, 0.25) is 0 Å². The molecule has 3 aliphatic carbocycles. The first-order valence-corrected chi connectivity index (χ1v) is 8.35. The number of likely N-dealkylation sites (tertiary alicyclic amines) is 1. The number of nitrogens with one attached hydrogen (secondary N) is 1. The smallest absolute Gasteiger partial charge is 0.0138 e. The van der Waals surface area contributed by atoms with E-state index in [1.54, 1.807) is 19.3 Å². The molecular weight excluding hydrogens is 220 g/mol. The van der Waals surface area contributed by atoms with Gasteiger partial charge in [0.15, 0.2) is 0 Å². The van der Waals surface area contributed by atoms with Crippen molar-refractivity contribution in [2.24, 2.45) is 23.7 Å². The Morgan fingerprint density at radius 1 is 1.00 bits per heavy atom. The molecule has 3 saturated carbocycles. The molecule has 2 bridgehead atoms. The van der Waals surface area contributed by atoms with Crippen LogP contribution in [0, 0.1) is 23.7 Å². The van der Waals surface area contributed by atoms with Gasteiger partial charge in [0.25, 0.3) is 0 Å². The van der Waals surface area contributed by atoms with Gasteiger partial charge in [-0.2, -0.15) is 0 Å². The van der Waals surface area contributed by atoms with Crippen molar-refractivity contribution in [3.63, 3.8) is 0 Å². The maximum absolute atomic E-state index is 4.05. The van der Waals surface area contributed by atoms with Crippen LogP contribution in [0.4, 0.5) is 0 Å². The van der Waals surface area contributed by atoms with E-state index in [1.807, 2.05) is 0 Å². The fourth-order valence-corrected chi connectivity index (χ4v) is 5.46. The number of hydrogen-bond donors (Lipinski definition) is 1. The average molecular weight is 248 g/mol.